The highest BCUT2D eigenvalue weighted by Gasteiger charge is 2.44. The van der Waals surface area contributed by atoms with Gasteiger partial charge in [-0.25, -0.2) is 9.07 Å². The van der Waals surface area contributed by atoms with Gasteiger partial charge in [0.1, 0.15) is 18.1 Å². The highest BCUT2D eigenvalue weighted by Crippen LogP contribution is 2.44. The van der Waals surface area contributed by atoms with Gasteiger partial charge < -0.3 is 14.1 Å². The molecule has 1 saturated heterocycles. The van der Waals surface area contributed by atoms with Crippen molar-refractivity contribution in [2.24, 2.45) is 17.8 Å². The SMILES string of the molecule is Cc1nnc(N2CC3CCC(C2)C3Cc2nc(Oc3cccc(F)c3)n(CC(F)(F)F)n2)o1. The predicted octanol–water partition coefficient (Wildman–Crippen LogP) is 4.17. The molecule has 1 aliphatic heterocycles. The first kappa shape index (κ1) is 21.7. The number of anilines is 1. The van der Waals surface area contributed by atoms with Gasteiger partial charge in [-0.05, 0) is 42.7 Å². The molecular weight excluding hydrogens is 444 g/mol. The van der Waals surface area contributed by atoms with Crippen LogP contribution >= 0.6 is 0 Å². The lowest BCUT2D eigenvalue weighted by Crippen LogP contribution is -2.43. The van der Waals surface area contributed by atoms with Gasteiger partial charge in [0.25, 0.3) is 0 Å². The summed E-state index contributed by atoms with van der Waals surface area (Å²) < 4.78 is 64.5. The summed E-state index contributed by atoms with van der Waals surface area (Å²) >= 11 is 0. The minimum absolute atomic E-state index is 0.0561. The van der Waals surface area contributed by atoms with Crippen LogP contribution < -0.4 is 9.64 Å². The van der Waals surface area contributed by atoms with E-state index in [2.05, 4.69) is 25.2 Å². The average Bonchev–Trinajstić information content (AvgIpc) is 3.37. The number of rotatable bonds is 6. The van der Waals surface area contributed by atoms with Crippen molar-refractivity contribution in [1.29, 1.82) is 0 Å². The first-order valence-corrected chi connectivity index (χ1v) is 10.7. The van der Waals surface area contributed by atoms with Crippen molar-refractivity contribution >= 4 is 6.01 Å². The number of nitrogens with zero attached hydrogens (tertiary/aromatic N) is 6. The zero-order chi connectivity index (χ0) is 23.2. The minimum atomic E-state index is -4.50. The van der Waals surface area contributed by atoms with E-state index in [-0.39, 0.29) is 23.5 Å². The summed E-state index contributed by atoms with van der Waals surface area (Å²) in [5.74, 6) is 1.15. The lowest BCUT2D eigenvalue weighted by atomic mass is 9.82. The number of hydrogen-bond acceptors (Lipinski definition) is 7. The summed E-state index contributed by atoms with van der Waals surface area (Å²) in [6.07, 6.45) is -2.04. The number of hydrogen-bond donors (Lipinski definition) is 0. The molecule has 1 aromatic carbocycles. The third-order valence-electron chi connectivity index (χ3n) is 6.25. The van der Waals surface area contributed by atoms with E-state index >= 15 is 0 Å². The quantitative estimate of drug-likeness (QED) is 0.505. The van der Waals surface area contributed by atoms with Crippen molar-refractivity contribution in [3.05, 3.63) is 41.8 Å². The zero-order valence-electron chi connectivity index (χ0n) is 17.8. The molecule has 3 heterocycles. The van der Waals surface area contributed by atoms with Gasteiger partial charge in [0.05, 0.1) is 0 Å². The standard InChI is InChI=1S/C21H22F4N6O2/c1-12-27-28-20(32-12)30-9-13-5-6-14(10-30)17(13)8-18-26-19(31(29-18)11-21(23,24)25)33-16-4-2-3-15(22)7-16/h2-4,7,13-14,17H,5-6,8-11H2,1H3. The number of halogens is 4. The van der Waals surface area contributed by atoms with Crippen LogP contribution in [0, 0.1) is 30.5 Å². The maximum atomic E-state index is 13.5. The van der Waals surface area contributed by atoms with Gasteiger partial charge in [0.2, 0.25) is 5.89 Å². The lowest BCUT2D eigenvalue weighted by Gasteiger charge is -2.36. The first-order valence-electron chi connectivity index (χ1n) is 10.7. The molecule has 0 amide bonds. The van der Waals surface area contributed by atoms with Crippen molar-refractivity contribution in [2.45, 2.75) is 38.9 Å². The van der Waals surface area contributed by atoms with Crippen molar-refractivity contribution in [3.8, 4) is 11.8 Å². The van der Waals surface area contributed by atoms with E-state index in [0.29, 0.717) is 34.8 Å². The maximum absolute atomic E-state index is 13.5. The Morgan fingerprint density at radius 3 is 2.55 bits per heavy atom. The molecule has 2 bridgehead atoms. The molecule has 2 atom stereocenters. The lowest BCUT2D eigenvalue weighted by molar-refractivity contribution is -0.143. The fraction of sp³-hybridized carbons (Fsp3) is 0.524. The van der Waals surface area contributed by atoms with Crippen LogP contribution in [0.5, 0.6) is 11.8 Å². The normalized spacial score (nSPS) is 22.7. The summed E-state index contributed by atoms with van der Waals surface area (Å²) in [5, 5.41) is 12.1. The van der Waals surface area contributed by atoms with E-state index in [9.17, 15) is 17.6 Å². The monoisotopic (exact) mass is 466 g/mol. The molecular formula is C21H22F4N6O2. The average molecular weight is 466 g/mol. The van der Waals surface area contributed by atoms with Crippen molar-refractivity contribution in [2.75, 3.05) is 18.0 Å². The van der Waals surface area contributed by atoms with E-state index in [0.717, 1.165) is 32.0 Å². The number of fused-ring (bicyclic) bond motifs is 2. The van der Waals surface area contributed by atoms with Crippen molar-refractivity contribution < 1.29 is 26.7 Å². The third-order valence-corrected chi connectivity index (χ3v) is 6.25. The van der Waals surface area contributed by atoms with Crippen LogP contribution in [0.15, 0.2) is 28.7 Å². The van der Waals surface area contributed by atoms with Gasteiger partial charge in [-0.2, -0.15) is 23.3 Å². The molecule has 0 radical (unpaired) electrons. The number of ether oxygens (including phenoxy) is 1. The van der Waals surface area contributed by atoms with Crippen LogP contribution in [0.25, 0.3) is 0 Å². The van der Waals surface area contributed by atoms with Crippen LogP contribution in [0.2, 0.25) is 0 Å². The molecule has 33 heavy (non-hydrogen) atoms. The Labute approximate surface area is 186 Å². The molecule has 176 valence electrons. The fourth-order valence-corrected chi connectivity index (χ4v) is 4.89. The van der Waals surface area contributed by atoms with Gasteiger partial charge in [-0.1, -0.05) is 11.2 Å². The first-order chi connectivity index (χ1) is 15.7. The highest BCUT2D eigenvalue weighted by molar-refractivity contribution is 5.28. The Kier molecular flexibility index (Phi) is 5.45. The summed E-state index contributed by atoms with van der Waals surface area (Å²) in [4.78, 5) is 6.32. The molecule has 3 aromatic rings. The number of piperidine rings is 1. The molecule has 0 N–H and O–H groups in total. The topological polar surface area (TPSA) is 82.1 Å². The van der Waals surface area contributed by atoms with Crippen molar-refractivity contribution in [1.82, 2.24) is 25.0 Å². The zero-order valence-corrected chi connectivity index (χ0v) is 17.8. The third kappa shape index (κ3) is 4.79. The summed E-state index contributed by atoms with van der Waals surface area (Å²) in [5.41, 5.74) is 0. The van der Waals surface area contributed by atoms with Crippen LogP contribution in [-0.2, 0) is 13.0 Å². The summed E-state index contributed by atoms with van der Waals surface area (Å²) in [6, 6.07) is 5.36. The predicted molar refractivity (Wildman–Crippen MR) is 107 cm³/mol. The molecule has 12 heteroatoms. The number of benzene rings is 1. The Morgan fingerprint density at radius 1 is 1.15 bits per heavy atom. The van der Waals surface area contributed by atoms with Crippen LogP contribution in [0.3, 0.4) is 0 Å². The molecule has 8 nitrogen and oxygen atoms in total. The number of aryl methyl sites for hydroxylation is 1. The number of aromatic nitrogens is 5. The highest BCUT2D eigenvalue weighted by atomic mass is 19.4. The van der Waals surface area contributed by atoms with E-state index in [4.69, 9.17) is 9.15 Å². The van der Waals surface area contributed by atoms with E-state index in [1.807, 2.05) is 0 Å². The Bertz CT molecular complexity index is 1120. The van der Waals surface area contributed by atoms with Crippen LogP contribution in [-0.4, -0.2) is 44.2 Å². The Hall–Kier alpha value is -3.18. The molecule has 1 saturated carbocycles. The largest absolute Gasteiger partial charge is 0.424 e. The maximum Gasteiger partial charge on any atom is 0.408 e. The van der Waals surface area contributed by atoms with Gasteiger partial charge in [-0.3, -0.25) is 0 Å². The molecule has 2 aliphatic rings. The fourth-order valence-electron chi connectivity index (χ4n) is 4.89. The Morgan fingerprint density at radius 2 is 1.91 bits per heavy atom. The molecule has 1 aliphatic carbocycles. The van der Waals surface area contributed by atoms with Crippen LogP contribution in [0.4, 0.5) is 23.6 Å². The van der Waals surface area contributed by atoms with Crippen LogP contribution in [0.1, 0.15) is 24.6 Å². The van der Waals surface area contributed by atoms with Gasteiger partial charge in [0, 0.05) is 32.5 Å². The summed E-state index contributed by atoms with van der Waals surface area (Å²) in [7, 11) is 0. The second kappa shape index (κ2) is 8.31. The van der Waals surface area contributed by atoms with Crippen molar-refractivity contribution in [3.63, 3.8) is 0 Å². The number of alkyl halides is 3. The molecule has 0 spiro atoms. The molecule has 5 rings (SSSR count). The van der Waals surface area contributed by atoms with Gasteiger partial charge >= 0.3 is 18.2 Å². The molecule has 2 fully saturated rings. The molecule has 2 unspecified atom stereocenters. The smallest absolute Gasteiger partial charge is 0.408 e. The second-order valence-corrected chi connectivity index (χ2v) is 8.62. The van der Waals surface area contributed by atoms with Gasteiger partial charge in [0.15, 0.2) is 5.82 Å². The Balaban J connectivity index is 1.34. The van der Waals surface area contributed by atoms with Gasteiger partial charge in [-0.15, -0.1) is 5.10 Å². The summed E-state index contributed by atoms with van der Waals surface area (Å²) in [6.45, 7) is 1.87. The second-order valence-electron chi connectivity index (χ2n) is 8.62. The van der Waals surface area contributed by atoms with E-state index in [1.54, 1.807) is 6.92 Å². The minimum Gasteiger partial charge on any atom is -0.424 e. The van der Waals surface area contributed by atoms with E-state index < -0.39 is 18.5 Å². The molecule has 2 aromatic heterocycles. The van der Waals surface area contributed by atoms with E-state index in [1.165, 1.54) is 18.2 Å².